The summed E-state index contributed by atoms with van der Waals surface area (Å²) >= 11 is 0. The van der Waals surface area contributed by atoms with Crippen molar-refractivity contribution >= 4 is 16.9 Å². The van der Waals surface area contributed by atoms with Gasteiger partial charge < -0.3 is 13.9 Å². The summed E-state index contributed by atoms with van der Waals surface area (Å²) < 4.78 is 9.33. The number of carbonyl (C=O) groups excluding carboxylic acids is 1. The van der Waals surface area contributed by atoms with Gasteiger partial charge >= 0.3 is 5.63 Å². The Bertz CT molecular complexity index is 1630. The van der Waals surface area contributed by atoms with Crippen LogP contribution in [0.15, 0.2) is 82.3 Å². The number of amides is 1. The molecule has 0 spiro atoms. The van der Waals surface area contributed by atoms with Gasteiger partial charge in [0.25, 0.3) is 5.91 Å². The van der Waals surface area contributed by atoms with Gasteiger partial charge in [-0.2, -0.15) is 5.10 Å². The number of carbonyl (C=O) groups is 1. The fourth-order valence-electron chi connectivity index (χ4n) is 4.51. The average Bonchev–Trinajstić information content (AvgIpc) is 3.56. The summed E-state index contributed by atoms with van der Waals surface area (Å²) in [4.78, 5) is 27.5. The molecule has 5 aromatic rings. The number of rotatable bonds is 3. The van der Waals surface area contributed by atoms with Crippen LogP contribution in [0, 0.1) is 13.8 Å². The highest BCUT2D eigenvalue weighted by Crippen LogP contribution is 2.31. The van der Waals surface area contributed by atoms with Crippen LogP contribution < -0.4 is 5.63 Å². The maximum atomic E-state index is 13.3. The molecule has 34 heavy (non-hydrogen) atoms. The quantitative estimate of drug-likeness (QED) is 0.378. The number of nitrogens with zero attached hydrogens (tertiary/aromatic N) is 4. The van der Waals surface area contributed by atoms with Crippen LogP contribution in [-0.2, 0) is 13.1 Å². The van der Waals surface area contributed by atoms with E-state index in [9.17, 15) is 9.59 Å². The topological polar surface area (TPSA) is 73.3 Å². The van der Waals surface area contributed by atoms with E-state index in [-0.39, 0.29) is 11.5 Å². The SMILES string of the molecule is Cc1ccc(-n2nc3c(c2-n2cccc2)CN(C(=O)c2cc4ccccc4oc2=O)C3)cc1C. The Kier molecular flexibility index (Phi) is 4.52. The molecule has 7 heteroatoms. The van der Waals surface area contributed by atoms with E-state index in [0.29, 0.717) is 18.7 Å². The van der Waals surface area contributed by atoms with Crippen molar-refractivity contribution in [1.29, 1.82) is 0 Å². The van der Waals surface area contributed by atoms with Crippen LogP contribution >= 0.6 is 0 Å². The first kappa shape index (κ1) is 20.2. The fraction of sp³-hybridized carbons (Fsp3) is 0.148. The normalized spacial score (nSPS) is 12.9. The minimum Gasteiger partial charge on any atom is -0.422 e. The Labute approximate surface area is 195 Å². The molecule has 4 heterocycles. The largest absolute Gasteiger partial charge is 0.422 e. The van der Waals surface area contributed by atoms with Crippen LogP contribution in [0.2, 0.25) is 0 Å². The lowest BCUT2D eigenvalue weighted by Gasteiger charge is -2.17. The third-order valence-corrected chi connectivity index (χ3v) is 6.47. The van der Waals surface area contributed by atoms with Crippen molar-refractivity contribution in [3.8, 4) is 11.5 Å². The van der Waals surface area contributed by atoms with Crippen molar-refractivity contribution in [2.45, 2.75) is 26.9 Å². The molecule has 0 saturated heterocycles. The van der Waals surface area contributed by atoms with Crippen LogP contribution in [0.25, 0.3) is 22.5 Å². The molecule has 7 nitrogen and oxygen atoms in total. The van der Waals surface area contributed by atoms with E-state index < -0.39 is 5.63 Å². The standard InChI is InChI=1S/C27H22N4O3/c1-17-9-10-20(13-18(17)2)31-25(29-11-5-6-12-29)22-15-30(16-23(22)28-31)26(32)21-14-19-7-3-4-8-24(19)34-27(21)33/h3-14H,15-16H2,1-2H3. The summed E-state index contributed by atoms with van der Waals surface area (Å²) in [6.45, 7) is 4.86. The predicted molar refractivity (Wildman–Crippen MR) is 128 cm³/mol. The van der Waals surface area contributed by atoms with Gasteiger partial charge in [0.05, 0.1) is 24.5 Å². The monoisotopic (exact) mass is 450 g/mol. The molecule has 0 atom stereocenters. The maximum Gasteiger partial charge on any atom is 0.349 e. The molecule has 2 aromatic carbocycles. The van der Waals surface area contributed by atoms with Gasteiger partial charge in [-0.25, -0.2) is 9.48 Å². The molecule has 1 aliphatic heterocycles. The number of aromatic nitrogens is 3. The zero-order valence-electron chi connectivity index (χ0n) is 18.9. The molecular formula is C27H22N4O3. The fourth-order valence-corrected chi connectivity index (χ4v) is 4.51. The lowest BCUT2D eigenvalue weighted by Crippen LogP contribution is -2.30. The number of benzene rings is 2. The van der Waals surface area contributed by atoms with Crippen LogP contribution in [0.4, 0.5) is 0 Å². The summed E-state index contributed by atoms with van der Waals surface area (Å²) in [7, 11) is 0. The highest BCUT2D eigenvalue weighted by Gasteiger charge is 2.33. The summed E-state index contributed by atoms with van der Waals surface area (Å²) in [5.74, 6) is 0.540. The maximum absolute atomic E-state index is 13.3. The van der Waals surface area contributed by atoms with Crippen molar-refractivity contribution in [2.24, 2.45) is 0 Å². The number of hydrogen-bond donors (Lipinski definition) is 0. The van der Waals surface area contributed by atoms with E-state index in [0.717, 1.165) is 28.1 Å². The minimum atomic E-state index is -0.626. The van der Waals surface area contributed by atoms with E-state index in [1.807, 2.05) is 45.9 Å². The van der Waals surface area contributed by atoms with Crippen molar-refractivity contribution in [3.63, 3.8) is 0 Å². The molecule has 0 saturated carbocycles. The molecule has 1 amide bonds. The van der Waals surface area contributed by atoms with Gasteiger partial charge in [0.15, 0.2) is 0 Å². The van der Waals surface area contributed by atoms with Gasteiger partial charge in [-0.1, -0.05) is 24.3 Å². The second-order valence-electron chi connectivity index (χ2n) is 8.67. The predicted octanol–water partition coefficient (Wildman–Crippen LogP) is 4.54. The first-order chi connectivity index (χ1) is 16.5. The average molecular weight is 450 g/mol. The minimum absolute atomic E-state index is 0.0356. The van der Waals surface area contributed by atoms with Crippen molar-refractivity contribution in [3.05, 3.63) is 111 Å². The van der Waals surface area contributed by atoms with Gasteiger partial charge in [0.1, 0.15) is 17.0 Å². The summed E-state index contributed by atoms with van der Waals surface area (Å²) in [5, 5.41) is 5.60. The number of hydrogen-bond acceptors (Lipinski definition) is 4. The highest BCUT2D eigenvalue weighted by atomic mass is 16.4. The first-order valence-electron chi connectivity index (χ1n) is 11.1. The molecule has 6 rings (SSSR count). The number of fused-ring (bicyclic) bond motifs is 2. The van der Waals surface area contributed by atoms with E-state index in [4.69, 9.17) is 9.52 Å². The Morgan fingerprint density at radius 3 is 2.53 bits per heavy atom. The smallest absolute Gasteiger partial charge is 0.349 e. The van der Waals surface area contributed by atoms with Crippen LogP contribution in [0.3, 0.4) is 0 Å². The molecule has 0 fully saturated rings. The summed E-state index contributed by atoms with van der Waals surface area (Å²) in [5.41, 5.74) is 5.03. The molecule has 0 N–H and O–H groups in total. The Hall–Kier alpha value is -4.39. The zero-order chi connectivity index (χ0) is 23.4. The summed E-state index contributed by atoms with van der Waals surface area (Å²) in [6, 6.07) is 19.0. The van der Waals surface area contributed by atoms with Gasteiger partial charge in [-0.3, -0.25) is 4.79 Å². The highest BCUT2D eigenvalue weighted by molar-refractivity contribution is 5.97. The van der Waals surface area contributed by atoms with Gasteiger partial charge in [-0.05, 0) is 61.4 Å². The van der Waals surface area contributed by atoms with Gasteiger partial charge in [0.2, 0.25) is 0 Å². The van der Waals surface area contributed by atoms with Gasteiger partial charge in [0, 0.05) is 23.3 Å². The molecule has 0 unspecified atom stereocenters. The van der Waals surface area contributed by atoms with E-state index in [1.165, 1.54) is 11.1 Å². The lowest BCUT2D eigenvalue weighted by atomic mass is 10.1. The molecule has 168 valence electrons. The van der Waals surface area contributed by atoms with Crippen molar-refractivity contribution in [1.82, 2.24) is 19.2 Å². The third-order valence-electron chi connectivity index (χ3n) is 6.47. The zero-order valence-corrected chi connectivity index (χ0v) is 18.9. The Morgan fingerprint density at radius 2 is 1.74 bits per heavy atom. The lowest BCUT2D eigenvalue weighted by molar-refractivity contribution is 0.0745. The molecular weight excluding hydrogens is 428 g/mol. The molecule has 0 aliphatic carbocycles. The molecule has 1 aliphatic rings. The van der Waals surface area contributed by atoms with Crippen LogP contribution in [0.5, 0.6) is 0 Å². The number of aryl methyl sites for hydroxylation is 2. The molecule has 3 aromatic heterocycles. The van der Waals surface area contributed by atoms with Crippen LogP contribution in [0.1, 0.15) is 32.7 Å². The second-order valence-corrected chi connectivity index (χ2v) is 8.67. The Morgan fingerprint density at radius 1 is 0.941 bits per heavy atom. The Balaban J connectivity index is 1.40. The van der Waals surface area contributed by atoms with E-state index in [1.54, 1.807) is 23.1 Å². The molecule has 0 radical (unpaired) electrons. The van der Waals surface area contributed by atoms with Gasteiger partial charge in [-0.15, -0.1) is 0 Å². The van der Waals surface area contributed by atoms with E-state index >= 15 is 0 Å². The van der Waals surface area contributed by atoms with Crippen molar-refractivity contribution < 1.29 is 9.21 Å². The van der Waals surface area contributed by atoms with E-state index in [2.05, 4.69) is 32.0 Å². The first-order valence-corrected chi connectivity index (χ1v) is 11.1. The van der Waals surface area contributed by atoms with Crippen LogP contribution in [-0.4, -0.2) is 25.2 Å². The summed E-state index contributed by atoms with van der Waals surface area (Å²) in [6.07, 6.45) is 3.94. The molecule has 0 bridgehead atoms. The second kappa shape index (κ2) is 7.59. The third kappa shape index (κ3) is 3.16. The number of para-hydroxylation sites is 1. The van der Waals surface area contributed by atoms with Crippen molar-refractivity contribution in [2.75, 3.05) is 0 Å².